The van der Waals surface area contributed by atoms with Crippen molar-refractivity contribution in [3.63, 3.8) is 0 Å². The third-order valence-corrected chi connectivity index (χ3v) is 6.28. The number of carbonyl (C=O) groups excluding carboxylic acids is 2. The van der Waals surface area contributed by atoms with E-state index in [0.29, 0.717) is 27.3 Å². The quantitative estimate of drug-likeness (QED) is 0.530. The maximum absolute atomic E-state index is 13.2. The van der Waals surface area contributed by atoms with Crippen LogP contribution in [0.1, 0.15) is 59.1 Å². The largest absolute Gasteiger partial charge is 0.344 e. The number of hydrogen-bond donors (Lipinski definition) is 1. The molecule has 1 fully saturated rings. The van der Waals surface area contributed by atoms with Crippen LogP contribution in [0.3, 0.4) is 0 Å². The molecule has 1 aliphatic carbocycles. The number of H-pyrrole nitrogens is 1. The van der Waals surface area contributed by atoms with Gasteiger partial charge in [0.05, 0.1) is 22.3 Å². The molecular formula is C20H18N4O2S. The van der Waals surface area contributed by atoms with Gasteiger partial charge in [0.25, 0.3) is 5.78 Å². The molecule has 0 bridgehead atoms. The van der Waals surface area contributed by atoms with Gasteiger partial charge in [0.15, 0.2) is 11.4 Å². The standard InChI is InChI=1S/C20H18N4O2S/c1-20(5-3-2-4-6-20)18(26)13-9-22-19-17(13)24-14(10-23-19)12-7-16(27-11-12)15(25)8-21/h7,9-11H,2-6H2,1H3,(H,22,23). The van der Waals surface area contributed by atoms with Crippen molar-refractivity contribution in [2.75, 3.05) is 0 Å². The fourth-order valence-electron chi connectivity index (χ4n) is 3.73. The van der Waals surface area contributed by atoms with E-state index >= 15 is 0 Å². The molecule has 4 rings (SSSR count). The van der Waals surface area contributed by atoms with Crippen molar-refractivity contribution < 1.29 is 9.59 Å². The second kappa shape index (κ2) is 6.71. The first-order valence-electron chi connectivity index (χ1n) is 8.94. The minimum absolute atomic E-state index is 0.116. The van der Waals surface area contributed by atoms with Crippen molar-refractivity contribution in [3.8, 4) is 17.3 Å². The van der Waals surface area contributed by atoms with Crippen molar-refractivity contribution in [1.29, 1.82) is 5.26 Å². The third-order valence-electron chi connectivity index (χ3n) is 5.35. The lowest BCUT2D eigenvalue weighted by molar-refractivity contribution is 0.0751. The summed E-state index contributed by atoms with van der Waals surface area (Å²) in [5.74, 6) is -0.450. The molecule has 0 aliphatic heterocycles. The fourth-order valence-corrected chi connectivity index (χ4v) is 4.52. The monoisotopic (exact) mass is 378 g/mol. The Morgan fingerprint density at radius 1 is 1.30 bits per heavy atom. The average Bonchev–Trinajstić information content (AvgIpc) is 3.34. The van der Waals surface area contributed by atoms with Crippen LogP contribution in [-0.2, 0) is 0 Å². The molecule has 0 unspecified atom stereocenters. The van der Waals surface area contributed by atoms with Gasteiger partial charge in [-0.15, -0.1) is 11.3 Å². The van der Waals surface area contributed by atoms with E-state index in [1.807, 2.05) is 6.92 Å². The fraction of sp³-hybridized carbons (Fsp3) is 0.350. The van der Waals surface area contributed by atoms with Gasteiger partial charge < -0.3 is 4.98 Å². The van der Waals surface area contributed by atoms with Crippen LogP contribution in [0, 0.1) is 16.7 Å². The summed E-state index contributed by atoms with van der Waals surface area (Å²) in [6.07, 6.45) is 8.44. The van der Waals surface area contributed by atoms with Crippen molar-refractivity contribution >= 4 is 34.1 Å². The van der Waals surface area contributed by atoms with Crippen LogP contribution in [0.2, 0.25) is 0 Å². The summed E-state index contributed by atoms with van der Waals surface area (Å²) in [6.45, 7) is 2.04. The second-order valence-corrected chi connectivity index (χ2v) is 8.16. The number of fused-ring (bicyclic) bond motifs is 1. The summed E-state index contributed by atoms with van der Waals surface area (Å²) in [5.41, 5.74) is 2.66. The molecule has 27 heavy (non-hydrogen) atoms. The molecule has 1 N–H and O–H groups in total. The van der Waals surface area contributed by atoms with Gasteiger partial charge >= 0.3 is 0 Å². The Hall–Kier alpha value is -2.85. The van der Waals surface area contributed by atoms with E-state index in [0.717, 1.165) is 31.2 Å². The summed E-state index contributed by atoms with van der Waals surface area (Å²) < 4.78 is 0. The number of nitriles is 1. The van der Waals surface area contributed by atoms with Crippen molar-refractivity contribution in [3.05, 3.63) is 34.3 Å². The van der Waals surface area contributed by atoms with Gasteiger partial charge in [-0.05, 0) is 18.9 Å². The Labute approximate surface area is 160 Å². The Balaban J connectivity index is 1.73. The number of nitrogens with one attached hydrogen (secondary N) is 1. The second-order valence-electron chi connectivity index (χ2n) is 7.25. The minimum Gasteiger partial charge on any atom is -0.344 e. The molecule has 6 nitrogen and oxygen atoms in total. The van der Waals surface area contributed by atoms with Gasteiger partial charge in [0.1, 0.15) is 11.6 Å². The zero-order valence-corrected chi connectivity index (χ0v) is 15.7. The molecule has 1 aliphatic rings. The molecule has 0 spiro atoms. The topological polar surface area (TPSA) is 99.5 Å². The van der Waals surface area contributed by atoms with E-state index in [4.69, 9.17) is 5.26 Å². The van der Waals surface area contributed by atoms with E-state index < -0.39 is 5.78 Å². The summed E-state index contributed by atoms with van der Waals surface area (Å²) in [4.78, 5) is 37.2. The molecule has 3 aromatic heterocycles. The first kappa shape index (κ1) is 17.6. The van der Waals surface area contributed by atoms with E-state index in [-0.39, 0.29) is 11.2 Å². The number of Topliss-reactive ketones (excluding diaryl/α,β-unsaturated/α-hetero) is 2. The number of aromatic nitrogens is 3. The van der Waals surface area contributed by atoms with E-state index in [9.17, 15) is 9.59 Å². The number of aromatic amines is 1. The van der Waals surface area contributed by atoms with Crippen LogP contribution in [0.15, 0.2) is 23.8 Å². The Bertz CT molecular complexity index is 1080. The number of carbonyl (C=O) groups is 2. The van der Waals surface area contributed by atoms with Gasteiger partial charge in [0, 0.05) is 22.6 Å². The number of ketones is 2. The average molecular weight is 378 g/mol. The molecule has 136 valence electrons. The van der Waals surface area contributed by atoms with Crippen LogP contribution >= 0.6 is 11.3 Å². The highest BCUT2D eigenvalue weighted by Crippen LogP contribution is 2.39. The van der Waals surface area contributed by atoms with E-state index in [1.54, 1.807) is 29.9 Å². The smallest absolute Gasteiger partial charge is 0.272 e. The first-order valence-corrected chi connectivity index (χ1v) is 9.82. The van der Waals surface area contributed by atoms with Crippen molar-refractivity contribution in [1.82, 2.24) is 15.0 Å². The zero-order chi connectivity index (χ0) is 19.0. The highest BCUT2D eigenvalue weighted by Gasteiger charge is 2.36. The molecule has 0 amide bonds. The van der Waals surface area contributed by atoms with Gasteiger partial charge in [0.2, 0.25) is 0 Å². The predicted molar refractivity (Wildman–Crippen MR) is 103 cm³/mol. The van der Waals surface area contributed by atoms with Crippen molar-refractivity contribution in [2.24, 2.45) is 5.41 Å². The normalized spacial score (nSPS) is 16.1. The SMILES string of the molecule is CC1(C(=O)c2c[nH]c3ncc(-c4csc(C(=O)C#N)c4)nc23)CCCCC1. The number of nitrogens with zero attached hydrogens (tertiary/aromatic N) is 3. The molecule has 0 saturated heterocycles. The minimum atomic E-state index is -0.567. The van der Waals surface area contributed by atoms with Gasteiger partial charge in [-0.25, -0.2) is 9.97 Å². The van der Waals surface area contributed by atoms with Crippen LogP contribution < -0.4 is 0 Å². The van der Waals surface area contributed by atoms with Gasteiger partial charge in [-0.2, -0.15) is 5.26 Å². The Kier molecular flexibility index (Phi) is 4.36. The lowest BCUT2D eigenvalue weighted by Gasteiger charge is -2.31. The summed E-state index contributed by atoms with van der Waals surface area (Å²) >= 11 is 1.20. The van der Waals surface area contributed by atoms with Crippen molar-refractivity contribution in [2.45, 2.75) is 39.0 Å². The third kappa shape index (κ3) is 3.06. The Morgan fingerprint density at radius 2 is 2.07 bits per heavy atom. The van der Waals surface area contributed by atoms with E-state index in [1.165, 1.54) is 17.8 Å². The first-order chi connectivity index (χ1) is 13.0. The maximum atomic E-state index is 13.2. The number of rotatable bonds is 4. The number of thiophene rings is 1. The van der Waals surface area contributed by atoms with Crippen LogP contribution in [0.25, 0.3) is 22.4 Å². The van der Waals surface area contributed by atoms with Crippen LogP contribution in [0.5, 0.6) is 0 Å². The van der Waals surface area contributed by atoms with Gasteiger partial charge in [-0.3, -0.25) is 9.59 Å². The molecule has 0 atom stereocenters. The summed E-state index contributed by atoms with van der Waals surface area (Å²) in [6, 6.07) is 3.26. The maximum Gasteiger partial charge on any atom is 0.272 e. The highest BCUT2D eigenvalue weighted by molar-refractivity contribution is 7.12. The zero-order valence-electron chi connectivity index (χ0n) is 14.9. The lowest BCUT2D eigenvalue weighted by Crippen LogP contribution is -2.30. The van der Waals surface area contributed by atoms with Gasteiger partial charge in [-0.1, -0.05) is 26.2 Å². The molecule has 7 heteroatoms. The molecule has 0 radical (unpaired) electrons. The summed E-state index contributed by atoms with van der Waals surface area (Å²) in [7, 11) is 0. The highest BCUT2D eigenvalue weighted by atomic mass is 32.1. The molecule has 3 heterocycles. The van der Waals surface area contributed by atoms with E-state index in [2.05, 4.69) is 15.0 Å². The molecular weight excluding hydrogens is 360 g/mol. The van der Waals surface area contributed by atoms with Crippen LogP contribution in [0.4, 0.5) is 0 Å². The molecule has 3 aromatic rings. The summed E-state index contributed by atoms with van der Waals surface area (Å²) in [5, 5.41) is 10.5. The molecule has 1 saturated carbocycles. The Morgan fingerprint density at radius 3 is 2.81 bits per heavy atom. The van der Waals surface area contributed by atoms with Crippen LogP contribution in [-0.4, -0.2) is 26.5 Å². The molecule has 0 aromatic carbocycles. The predicted octanol–water partition coefficient (Wildman–Crippen LogP) is 4.55. The lowest BCUT2D eigenvalue weighted by atomic mass is 9.71. The number of hydrogen-bond acceptors (Lipinski definition) is 6.